The van der Waals surface area contributed by atoms with Gasteiger partial charge >= 0.3 is 13.7 Å². The first kappa shape index (κ1) is 20.1. The summed E-state index contributed by atoms with van der Waals surface area (Å²) in [5.74, 6) is -0.777. The second kappa shape index (κ2) is 7.78. The predicted octanol–water partition coefficient (Wildman–Crippen LogP) is -0.936. The maximum absolute atomic E-state index is 12.4. The number of phosphoric ester groups is 1. The fraction of sp³-hybridized carbons (Fsp3) is 0.235. The Morgan fingerprint density at radius 2 is 2.04 bits per heavy atom. The third kappa shape index (κ3) is 4.27. The van der Waals surface area contributed by atoms with Crippen LogP contribution in [0.25, 0.3) is 6.08 Å². The number of hydrogen-bond donors (Lipinski definition) is 5. The molecule has 0 aliphatic carbocycles. The lowest BCUT2D eigenvalue weighted by Crippen LogP contribution is -2.54. The van der Waals surface area contributed by atoms with Gasteiger partial charge in [0.15, 0.2) is 6.04 Å². The average molecular weight is 408 g/mol. The first-order valence-electron chi connectivity index (χ1n) is 8.24. The van der Waals surface area contributed by atoms with Crippen molar-refractivity contribution >= 4 is 19.8 Å². The van der Waals surface area contributed by atoms with Crippen LogP contribution >= 0.6 is 7.82 Å². The summed E-state index contributed by atoms with van der Waals surface area (Å²) in [5, 5.41) is 24.3. The molecule has 1 amide bonds. The van der Waals surface area contributed by atoms with Crippen LogP contribution in [-0.4, -0.2) is 37.0 Å². The summed E-state index contributed by atoms with van der Waals surface area (Å²) in [6, 6.07) is 5.94. The number of aromatic nitrogens is 1. The number of para-hydroxylation sites is 1. The highest BCUT2D eigenvalue weighted by Crippen LogP contribution is 2.38. The fourth-order valence-corrected chi connectivity index (χ4v) is 3.15. The van der Waals surface area contributed by atoms with Crippen LogP contribution in [0.2, 0.25) is 0 Å². The number of carbonyl (C=O) groups excluding carboxylic acids is 1. The lowest BCUT2D eigenvalue weighted by atomic mass is 10.1. The average Bonchev–Trinajstić information content (AvgIpc) is 2.65. The maximum atomic E-state index is 12.4. The molecule has 0 spiro atoms. The van der Waals surface area contributed by atoms with Gasteiger partial charge < -0.3 is 14.9 Å². The first-order valence-corrected chi connectivity index (χ1v) is 9.77. The Morgan fingerprint density at radius 3 is 2.75 bits per heavy atom. The van der Waals surface area contributed by atoms with Crippen LogP contribution in [0.15, 0.2) is 30.5 Å². The van der Waals surface area contributed by atoms with Crippen LogP contribution in [0.4, 0.5) is 0 Å². The van der Waals surface area contributed by atoms with Crippen molar-refractivity contribution in [2.24, 2.45) is 0 Å². The van der Waals surface area contributed by atoms with Gasteiger partial charge in [-0.25, -0.2) is 9.36 Å². The van der Waals surface area contributed by atoms with Crippen molar-refractivity contribution in [2.45, 2.75) is 26.1 Å². The lowest BCUT2D eigenvalue weighted by Gasteiger charge is -2.16. The summed E-state index contributed by atoms with van der Waals surface area (Å²) in [6.07, 6.45) is 2.98. The van der Waals surface area contributed by atoms with Crippen LogP contribution < -0.4 is 20.6 Å². The summed E-state index contributed by atoms with van der Waals surface area (Å²) in [7, 11) is -4.71. The number of benzene rings is 1. The Hall–Kier alpha value is -2.62. The van der Waals surface area contributed by atoms with Gasteiger partial charge in [0.2, 0.25) is 0 Å². The predicted molar refractivity (Wildman–Crippen MR) is 96.3 cm³/mol. The van der Waals surface area contributed by atoms with Gasteiger partial charge in [0.1, 0.15) is 5.75 Å². The van der Waals surface area contributed by atoms with Gasteiger partial charge in [-0.3, -0.25) is 20.0 Å². The SMILES string of the molecule is Cc1ncc(COP(=O)(O)O)c(CNC2C=c3ccccc3=[N+](O)C2=O)c1O. The van der Waals surface area contributed by atoms with Gasteiger partial charge in [-0.15, -0.1) is 0 Å². The number of amides is 1. The monoisotopic (exact) mass is 408 g/mol. The fourth-order valence-electron chi connectivity index (χ4n) is 2.84. The summed E-state index contributed by atoms with van der Waals surface area (Å²) in [6.45, 7) is 1.06. The third-order valence-corrected chi connectivity index (χ3v) is 4.77. The molecule has 1 unspecified atom stereocenters. The summed E-state index contributed by atoms with van der Waals surface area (Å²) in [4.78, 5) is 34.1. The molecule has 1 aromatic heterocycles. The topological polar surface area (TPSA) is 152 Å². The van der Waals surface area contributed by atoms with Crippen LogP contribution in [0.3, 0.4) is 0 Å². The van der Waals surface area contributed by atoms with E-state index in [9.17, 15) is 19.7 Å². The number of pyridine rings is 1. The van der Waals surface area contributed by atoms with Crippen LogP contribution in [0.1, 0.15) is 16.8 Å². The van der Waals surface area contributed by atoms with Crippen molar-refractivity contribution in [3.63, 3.8) is 0 Å². The number of aryl methyl sites for hydroxylation is 1. The molecule has 0 bridgehead atoms. The molecule has 5 N–H and O–H groups in total. The lowest BCUT2D eigenvalue weighted by molar-refractivity contribution is -0.135. The number of hydrogen-bond acceptors (Lipinski definition) is 7. The first-order chi connectivity index (χ1) is 13.2. The number of phosphoric acid groups is 1. The molecule has 2 heterocycles. The molecule has 3 rings (SSSR count). The number of hydroxylamine groups is 1. The van der Waals surface area contributed by atoms with Gasteiger partial charge in [0.05, 0.1) is 17.0 Å². The van der Waals surface area contributed by atoms with Gasteiger partial charge in [-0.05, 0) is 19.1 Å². The molecule has 1 aliphatic rings. The molecule has 148 valence electrons. The normalized spacial score (nSPS) is 16.6. The van der Waals surface area contributed by atoms with Crippen LogP contribution in [-0.2, 0) is 27.0 Å². The van der Waals surface area contributed by atoms with E-state index in [4.69, 9.17) is 9.79 Å². The highest BCUT2D eigenvalue weighted by Gasteiger charge is 2.32. The molecule has 0 fully saturated rings. The zero-order valence-corrected chi connectivity index (χ0v) is 15.7. The van der Waals surface area contributed by atoms with Crippen molar-refractivity contribution in [3.05, 3.63) is 57.9 Å². The Labute approximate surface area is 159 Å². The molecular formula is C17H19N3O7P+. The van der Waals surface area contributed by atoms with Crippen molar-refractivity contribution < 1.29 is 34.0 Å². The molecule has 0 saturated heterocycles. The van der Waals surface area contributed by atoms with E-state index in [1.807, 2.05) is 0 Å². The quantitative estimate of drug-likeness (QED) is 0.177. The highest BCUT2D eigenvalue weighted by molar-refractivity contribution is 7.46. The Morgan fingerprint density at radius 1 is 1.32 bits per heavy atom. The van der Waals surface area contributed by atoms with E-state index < -0.39 is 26.4 Å². The van der Waals surface area contributed by atoms with E-state index in [2.05, 4.69) is 14.8 Å². The highest BCUT2D eigenvalue weighted by atomic mass is 31.2. The summed E-state index contributed by atoms with van der Waals surface area (Å²) < 4.78 is 16.0. The van der Waals surface area contributed by atoms with E-state index in [1.165, 1.54) is 6.20 Å². The number of fused-ring (bicyclic) bond motifs is 1. The summed E-state index contributed by atoms with van der Waals surface area (Å²) in [5.41, 5.74) is 0.846. The van der Waals surface area contributed by atoms with Crippen molar-refractivity contribution in [1.82, 2.24) is 15.0 Å². The van der Waals surface area contributed by atoms with Gasteiger partial charge in [0.25, 0.3) is 5.36 Å². The molecule has 0 saturated carbocycles. The minimum atomic E-state index is -4.71. The zero-order chi connectivity index (χ0) is 20.5. The molecule has 2 aromatic rings. The number of carbonyl (C=O) groups is 1. The molecule has 11 heteroatoms. The number of aromatic hydroxyl groups is 1. The third-order valence-electron chi connectivity index (χ3n) is 4.30. The number of rotatable bonds is 6. The second-order valence-corrected chi connectivity index (χ2v) is 7.43. The maximum Gasteiger partial charge on any atom is 0.469 e. The molecule has 28 heavy (non-hydrogen) atoms. The van der Waals surface area contributed by atoms with Crippen molar-refractivity contribution in [2.75, 3.05) is 0 Å². The van der Waals surface area contributed by atoms with Gasteiger partial charge in [-0.1, -0.05) is 12.1 Å². The molecule has 0 radical (unpaired) electrons. The standard InChI is InChI=1S/C17H18N3O7P/c1-10-16(21)13(12(7-18-10)9-27-28(24,25)26)8-19-14-6-11-4-2-3-5-15(11)20(23)17(14)22/h2-7,14,19H,8-9H2,1H3,(H3-,21,23,24,25,26)/p+1. The molecule has 1 atom stereocenters. The van der Waals surface area contributed by atoms with Crippen molar-refractivity contribution in [3.8, 4) is 5.75 Å². The van der Waals surface area contributed by atoms with E-state index >= 15 is 0 Å². The second-order valence-electron chi connectivity index (χ2n) is 6.19. The van der Waals surface area contributed by atoms with E-state index in [0.717, 1.165) is 0 Å². The van der Waals surface area contributed by atoms with Crippen LogP contribution in [0.5, 0.6) is 5.75 Å². The number of nitrogens with one attached hydrogen (secondary N) is 1. The molecular weight excluding hydrogens is 389 g/mol. The molecule has 1 aliphatic heterocycles. The van der Waals surface area contributed by atoms with E-state index in [-0.39, 0.29) is 23.4 Å². The zero-order valence-electron chi connectivity index (χ0n) is 14.8. The Balaban J connectivity index is 1.87. The van der Waals surface area contributed by atoms with Gasteiger partial charge in [0, 0.05) is 35.2 Å². The molecule has 1 aromatic carbocycles. The minimum Gasteiger partial charge on any atom is -0.506 e. The van der Waals surface area contributed by atoms with E-state index in [1.54, 1.807) is 37.3 Å². The molecule has 10 nitrogen and oxygen atoms in total. The largest absolute Gasteiger partial charge is 0.506 e. The Bertz CT molecular complexity index is 1100. The number of nitrogens with zero attached hydrogens (tertiary/aromatic N) is 2. The minimum absolute atomic E-state index is 0.0298. The summed E-state index contributed by atoms with van der Waals surface area (Å²) >= 11 is 0. The van der Waals surface area contributed by atoms with E-state index in [0.29, 0.717) is 21.0 Å². The van der Waals surface area contributed by atoms with Crippen LogP contribution in [0, 0.1) is 6.92 Å². The van der Waals surface area contributed by atoms with Crippen molar-refractivity contribution in [1.29, 1.82) is 0 Å². The Kier molecular flexibility index (Phi) is 5.59. The smallest absolute Gasteiger partial charge is 0.469 e. The van der Waals surface area contributed by atoms with Gasteiger partial charge in [-0.2, -0.15) is 0 Å².